The summed E-state index contributed by atoms with van der Waals surface area (Å²) in [5.74, 6) is 2.04. The van der Waals surface area contributed by atoms with Gasteiger partial charge in [0.25, 0.3) is 0 Å². The van der Waals surface area contributed by atoms with Crippen LogP contribution >= 0.6 is 11.6 Å². The maximum atomic E-state index is 6.10. The Morgan fingerprint density at radius 3 is 2.95 bits per heavy atom. The van der Waals surface area contributed by atoms with E-state index in [0.717, 1.165) is 35.5 Å². The first-order chi connectivity index (χ1) is 10.3. The normalized spacial score (nSPS) is 12.5. The Labute approximate surface area is 127 Å². The molecule has 3 rings (SSSR count). The Kier molecular flexibility index (Phi) is 4.10. The number of benzene rings is 1. The summed E-state index contributed by atoms with van der Waals surface area (Å²) in [6.07, 6.45) is 3.15. The molecule has 1 aliphatic heterocycles. The molecule has 21 heavy (non-hydrogen) atoms. The summed E-state index contributed by atoms with van der Waals surface area (Å²) in [7, 11) is 0. The highest BCUT2D eigenvalue weighted by molar-refractivity contribution is 6.30. The van der Waals surface area contributed by atoms with Gasteiger partial charge in [0.1, 0.15) is 18.1 Å². The molecule has 5 nitrogen and oxygen atoms in total. The number of rotatable bonds is 5. The van der Waals surface area contributed by atoms with E-state index in [1.54, 1.807) is 0 Å². The van der Waals surface area contributed by atoms with Crippen LogP contribution in [0, 0.1) is 0 Å². The minimum absolute atomic E-state index is 0.266. The van der Waals surface area contributed by atoms with Crippen LogP contribution in [0.15, 0.2) is 24.5 Å². The standard InChI is InChI=1S/C15H15ClN2O3/c1-2-3-11-14(16)17-8-18-15(11)19-7-10-4-5-12-13(6-10)21-9-20-12/h4-6,8H,2-3,7,9H2,1H3. The molecule has 1 aliphatic rings. The van der Waals surface area contributed by atoms with Gasteiger partial charge in [-0.05, 0) is 24.1 Å². The SMILES string of the molecule is CCCc1c(Cl)ncnc1OCc1ccc2c(c1)OCO2. The molecule has 2 heterocycles. The molecule has 0 fully saturated rings. The van der Waals surface area contributed by atoms with Crippen molar-refractivity contribution < 1.29 is 14.2 Å². The van der Waals surface area contributed by atoms with Crippen LogP contribution < -0.4 is 14.2 Å². The van der Waals surface area contributed by atoms with Crippen LogP contribution in [0.2, 0.25) is 5.15 Å². The van der Waals surface area contributed by atoms with Crippen molar-refractivity contribution in [3.05, 3.63) is 40.8 Å². The fourth-order valence-electron chi connectivity index (χ4n) is 2.14. The number of ether oxygens (including phenoxy) is 3. The molecule has 110 valence electrons. The molecule has 0 radical (unpaired) electrons. The van der Waals surface area contributed by atoms with Crippen molar-refractivity contribution in [2.24, 2.45) is 0 Å². The number of aromatic nitrogens is 2. The highest BCUT2D eigenvalue weighted by Gasteiger charge is 2.14. The fraction of sp³-hybridized carbons (Fsp3) is 0.333. The number of hydrogen-bond donors (Lipinski definition) is 0. The third kappa shape index (κ3) is 3.03. The summed E-state index contributed by atoms with van der Waals surface area (Å²) in [6, 6.07) is 5.72. The molecular weight excluding hydrogens is 292 g/mol. The monoisotopic (exact) mass is 306 g/mol. The Bertz CT molecular complexity index is 649. The summed E-state index contributed by atoms with van der Waals surface area (Å²) < 4.78 is 16.4. The van der Waals surface area contributed by atoms with Gasteiger partial charge >= 0.3 is 0 Å². The van der Waals surface area contributed by atoms with Crippen LogP contribution in [0.1, 0.15) is 24.5 Å². The van der Waals surface area contributed by atoms with Gasteiger partial charge < -0.3 is 14.2 Å². The molecule has 0 spiro atoms. The molecule has 0 unspecified atom stereocenters. The highest BCUT2D eigenvalue weighted by Crippen LogP contribution is 2.33. The van der Waals surface area contributed by atoms with Crippen LogP contribution in [-0.4, -0.2) is 16.8 Å². The first-order valence-corrected chi connectivity index (χ1v) is 7.16. The second-order valence-corrected chi connectivity index (χ2v) is 5.03. The Morgan fingerprint density at radius 2 is 2.10 bits per heavy atom. The van der Waals surface area contributed by atoms with Gasteiger partial charge in [-0.25, -0.2) is 9.97 Å². The largest absolute Gasteiger partial charge is 0.472 e. The number of fused-ring (bicyclic) bond motifs is 1. The lowest BCUT2D eigenvalue weighted by Gasteiger charge is -2.10. The van der Waals surface area contributed by atoms with Crippen molar-refractivity contribution in [3.8, 4) is 17.4 Å². The predicted molar refractivity (Wildman–Crippen MR) is 77.9 cm³/mol. The topological polar surface area (TPSA) is 53.5 Å². The van der Waals surface area contributed by atoms with Gasteiger partial charge in [-0.2, -0.15) is 0 Å². The summed E-state index contributed by atoms with van der Waals surface area (Å²) in [4.78, 5) is 8.17. The van der Waals surface area contributed by atoms with Gasteiger partial charge in [0.2, 0.25) is 12.7 Å². The van der Waals surface area contributed by atoms with E-state index in [0.29, 0.717) is 17.6 Å². The van der Waals surface area contributed by atoms with Gasteiger partial charge in [-0.3, -0.25) is 0 Å². The van der Waals surface area contributed by atoms with Crippen molar-refractivity contribution in [1.29, 1.82) is 0 Å². The first-order valence-electron chi connectivity index (χ1n) is 6.78. The van der Waals surface area contributed by atoms with E-state index in [1.807, 2.05) is 18.2 Å². The van der Waals surface area contributed by atoms with Crippen molar-refractivity contribution in [2.45, 2.75) is 26.4 Å². The number of hydrogen-bond acceptors (Lipinski definition) is 5. The summed E-state index contributed by atoms with van der Waals surface area (Å²) >= 11 is 6.10. The highest BCUT2D eigenvalue weighted by atomic mass is 35.5. The van der Waals surface area contributed by atoms with Gasteiger partial charge in [-0.1, -0.05) is 31.0 Å². The smallest absolute Gasteiger partial charge is 0.231 e. The zero-order valence-corrected chi connectivity index (χ0v) is 12.4. The lowest BCUT2D eigenvalue weighted by atomic mass is 10.2. The molecule has 1 aromatic carbocycles. The zero-order valence-electron chi connectivity index (χ0n) is 11.6. The Morgan fingerprint density at radius 1 is 1.24 bits per heavy atom. The lowest BCUT2D eigenvalue weighted by molar-refractivity contribution is 0.174. The molecule has 1 aromatic heterocycles. The molecule has 0 N–H and O–H groups in total. The molecule has 6 heteroatoms. The minimum Gasteiger partial charge on any atom is -0.472 e. The van der Waals surface area contributed by atoms with Crippen LogP contribution in [0.4, 0.5) is 0 Å². The summed E-state index contributed by atoms with van der Waals surface area (Å²) in [5.41, 5.74) is 1.83. The van der Waals surface area contributed by atoms with E-state index in [-0.39, 0.29) is 6.79 Å². The van der Waals surface area contributed by atoms with Crippen molar-refractivity contribution in [3.63, 3.8) is 0 Å². The molecule has 0 aliphatic carbocycles. The van der Waals surface area contributed by atoms with Gasteiger partial charge in [0.05, 0.1) is 5.56 Å². The predicted octanol–water partition coefficient (Wildman–Crippen LogP) is 3.39. The fourth-order valence-corrected chi connectivity index (χ4v) is 2.36. The van der Waals surface area contributed by atoms with Gasteiger partial charge in [0.15, 0.2) is 11.5 Å². The van der Waals surface area contributed by atoms with Crippen LogP contribution in [-0.2, 0) is 13.0 Å². The Hall–Kier alpha value is -2.01. The molecule has 0 bridgehead atoms. The van der Waals surface area contributed by atoms with Crippen molar-refractivity contribution >= 4 is 11.6 Å². The molecule has 0 amide bonds. The molecule has 0 saturated carbocycles. The van der Waals surface area contributed by atoms with Crippen molar-refractivity contribution in [2.75, 3.05) is 6.79 Å². The minimum atomic E-state index is 0.266. The van der Waals surface area contributed by atoms with E-state index in [4.69, 9.17) is 25.8 Å². The van der Waals surface area contributed by atoms with E-state index >= 15 is 0 Å². The van der Waals surface area contributed by atoms with E-state index < -0.39 is 0 Å². The first kappa shape index (κ1) is 13.9. The van der Waals surface area contributed by atoms with Crippen LogP contribution in [0.25, 0.3) is 0 Å². The third-order valence-electron chi connectivity index (χ3n) is 3.17. The summed E-state index contributed by atoms with van der Waals surface area (Å²) in [5, 5.41) is 0.451. The summed E-state index contributed by atoms with van der Waals surface area (Å²) in [6.45, 7) is 2.73. The van der Waals surface area contributed by atoms with Crippen LogP contribution in [0.3, 0.4) is 0 Å². The molecule has 2 aromatic rings. The molecule has 0 atom stereocenters. The maximum Gasteiger partial charge on any atom is 0.231 e. The van der Waals surface area contributed by atoms with Gasteiger partial charge in [-0.15, -0.1) is 0 Å². The van der Waals surface area contributed by atoms with E-state index in [1.165, 1.54) is 6.33 Å². The third-order valence-corrected chi connectivity index (χ3v) is 3.49. The van der Waals surface area contributed by atoms with Gasteiger partial charge in [0, 0.05) is 0 Å². The van der Waals surface area contributed by atoms with Crippen LogP contribution in [0.5, 0.6) is 17.4 Å². The molecule has 0 saturated heterocycles. The van der Waals surface area contributed by atoms with E-state index in [2.05, 4.69) is 16.9 Å². The average Bonchev–Trinajstić information content (AvgIpc) is 2.95. The maximum absolute atomic E-state index is 6.10. The number of nitrogens with zero attached hydrogens (tertiary/aromatic N) is 2. The molecular formula is C15H15ClN2O3. The second kappa shape index (κ2) is 6.18. The average molecular weight is 307 g/mol. The Balaban J connectivity index is 1.74. The lowest BCUT2D eigenvalue weighted by Crippen LogP contribution is -2.02. The zero-order chi connectivity index (χ0) is 14.7. The van der Waals surface area contributed by atoms with Crippen molar-refractivity contribution in [1.82, 2.24) is 9.97 Å². The second-order valence-electron chi connectivity index (χ2n) is 4.67. The number of halogens is 1. The van der Waals surface area contributed by atoms with E-state index in [9.17, 15) is 0 Å². The quantitative estimate of drug-likeness (QED) is 0.793.